The molecular formula is C19H25N3O5S2. The molecule has 0 radical (unpaired) electrons. The largest absolute Gasteiger partial charge is 0.481 e. The number of carbonyl (C=O) groups excluding carboxylic acids is 1. The first-order valence-corrected chi connectivity index (χ1v) is 10.7. The van der Waals surface area contributed by atoms with Crippen LogP contribution >= 0.6 is 24.0 Å². The lowest BCUT2D eigenvalue weighted by Gasteiger charge is -2.23. The Labute approximate surface area is 178 Å². The van der Waals surface area contributed by atoms with Gasteiger partial charge in [-0.3, -0.25) is 14.5 Å². The number of aromatic nitrogens is 1. The Bertz CT molecular complexity index is 855. The molecule has 0 saturated heterocycles. The van der Waals surface area contributed by atoms with Crippen molar-refractivity contribution >= 4 is 57.8 Å². The quantitative estimate of drug-likeness (QED) is 0.293. The van der Waals surface area contributed by atoms with Crippen molar-refractivity contribution in [3.8, 4) is 0 Å². The lowest BCUT2D eigenvalue weighted by atomic mass is 10.2. The molecule has 2 amide bonds. The zero-order valence-electron chi connectivity index (χ0n) is 16.0. The van der Waals surface area contributed by atoms with Gasteiger partial charge in [-0.15, -0.1) is 24.0 Å². The number of hydrogen-bond acceptors (Lipinski definition) is 6. The number of nitrogens with zero attached hydrogens (tertiary/aromatic N) is 2. The molecule has 10 heteroatoms. The molecule has 2 rings (SSSR count). The van der Waals surface area contributed by atoms with Crippen molar-refractivity contribution in [2.45, 2.75) is 49.3 Å². The number of unbranched alkanes of at least 4 members (excludes halogenated alkanes) is 3. The fraction of sp³-hybridized carbons (Fsp3) is 0.474. The van der Waals surface area contributed by atoms with Crippen LogP contribution in [0.1, 0.15) is 44.9 Å². The van der Waals surface area contributed by atoms with Crippen LogP contribution in [-0.4, -0.2) is 46.3 Å². The maximum Gasteiger partial charge on any atom is 0.321 e. The number of amides is 2. The van der Waals surface area contributed by atoms with E-state index in [1.807, 2.05) is 18.2 Å². The third kappa shape index (κ3) is 7.90. The second-order valence-corrected chi connectivity index (χ2v) is 8.34. The van der Waals surface area contributed by atoms with Crippen LogP contribution in [0.5, 0.6) is 0 Å². The van der Waals surface area contributed by atoms with E-state index in [1.54, 1.807) is 4.90 Å². The second kappa shape index (κ2) is 11.6. The normalized spacial score (nSPS) is 10.8. The van der Waals surface area contributed by atoms with Crippen molar-refractivity contribution in [1.82, 2.24) is 10.3 Å². The summed E-state index contributed by atoms with van der Waals surface area (Å²) >= 11 is 5.69. The lowest BCUT2D eigenvalue weighted by molar-refractivity contribution is -0.138. The third-order valence-electron chi connectivity index (χ3n) is 4.28. The molecule has 1 aromatic carbocycles. The lowest BCUT2D eigenvalue weighted by Crippen LogP contribution is -2.41. The average Bonchev–Trinajstić information content (AvgIpc) is 3.03. The van der Waals surface area contributed by atoms with Gasteiger partial charge in [0.2, 0.25) is 0 Å². The Balaban J connectivity index is 1.98. The third-order valence-corrected chi connectivity index (χ3v) is 5.48. The van der Waals surface area contributed by atoms with Crippen LogP contribution in [0.3, 0.4) is 0 Å². The highest BCUT2D eigenvalue weighted by Gasteiger charge is 2.16. The zero-order valence-corrected chi connectivity index (χ0v) is 17.7. The van der Waals surface area contributed by atoms with E-state index < -0.39 is 11.9 Å². The van der Waals surface area contributed by atoms with Crippen molar-refractivity contribution in [3.63, 3.8) is 0 Å². The first kappa shape index (κ1) is 23.0. The monoisotopic (exact) mass is 439 g/mol. The Morgan fingerprint density at radius 3 is 2.41 bits per heavy atom. The summed E-state index contributed by atoms with van der Waals surface area (Å²) in [6.07, 6.45) is 3.25. The summed E-state index contributed by atoms with van der Waals surface area (Å²) in [4.78, 5) is 39.9. The van der Waals surface area contributed by atoms with Crippen LogP contribution < -0.4 is 10.2 Å². The molecule has 0 fully saturated rings. The number of hydrogen-bond donors (Lipinski definition) is 4. The highest BCUT2D eigenvalue weighted by atomic mass is 32.2. The molecule has 0 aliphatic heterocycles. The summed E-state index contributed by atoms with van der Waals surface area (Å²) in [5.41, 5.74) is 1.53. The molecule has 0 aliphatic carbocycles. The van der Waals surface area contributed by atoms with Gasteiger partial charge in [0.1, 0.15) is 4.34 Å². The number of urea groups is 1. The van der Waals surface area contributed by atoms with Crippen LogP contribution in [-0.2, 0) is 9.59 Å². The van der Waals surface area contributed by atoms with Gasteiger partial charge < -0.3 is 15.5 Å². The molecular weight excluding hydrogens is 414 g/mol. The van der Waals surface area contributed by atoms with E-state index in [-0.39, 0.29) is 18.9 Å². The van der Waals surface area contributed by atoms with E-state index in [4.69, 9.17) is 10.2 Å². The number of anilines is 1. The van der Waals surface area contributed by atoms with Crippen LogP contribution in [0.15, 0.2) is 22.5 Å². The van der Waals surface area contributed by atoms with Gasteiger partial charge in [-0.1, -0.05) is 6.42 Å². The minimum absolute atomic E-state index is 0.0654. The highest BCUT2D eigenvalue weighted by molar-refractivity contribution is 7.82. The number of benzene rings is 1. The summed E-state index contributed by atoms with van der Waals surface area (Å²) in [6.45, 7) is 0.851. The van der Waals surface area contributed by atoms with Gasteiger partial charge in [0, 0.05) is 31.6 Å². The first-order valence-electron chi connectivity index (χ1n) is 9.45. The number of fused-ring (bicyclic) bond motifs is 1. The molecule has 0 unspecified atom stereocenters. The number of thiol groups is 1. The predicted molar refractivity (Wildman–Crippen MR) is 115 cm³/mol. The minimum Gasteiger partial charge on any atom is -0.481 e. The molecule has 0 bridgehead atoms. The molecule has 0 spiro atoms. The fourth-order valence-corrected chi connectivity index (χ4v) is 3.97. The van der Waals surface area contributed by atoms with Crippen molar-refractivity contribution in [2.75, 3.05) is 18.0 Å². The first-order chi connectivity index (χ1) is 13.9. The van der Waals surface area contributed by atoms with Crippen molar-refractivity contribution in [1.29, 1.82) is 0 Å². The van der Waals surface area contributed by atoms with Crippen molar-refractivity contribution < 1.29 is 24.6 Å². The second-order valence-electron chi connectivity index (χ2n) is 6.59. The molecule has 8 nitrogen and oxygen atoms in total. The van der Waals surface area contributed by atoms with Gasteiger partial charge >= 0.3 is 18.0 Å². The topological polar surface area (TPSA) is 120 Å². The van der Waals surface area contributed by atoms with E-state index in [2.05, 4.69) is 22.9 Å². The van der Waals surface area contributed by atoms with Crippen LogP contribution in [0.2, 0.25) is 0 Å². The Hall–Kier alpha value is -2.33. The van der Waals surface area contributed by atoms with Crippen LogP contribution in [0.25, 0.3) is 10.2 Å². The summed E-state index contributed by atoms with van der Waals surface area (Å²) in [6, 6.07) is 5.29. The summed E-state index contributed by atoms with van der Waals surface area (Å²) in [7, 11) is 0. The SMILES string of the molecule is O=C(O)CCCCCNC(=O)N(CCCCC(=O)O)c1ccc2nc(S)sc2c1. The summed E-state index contributed by atoms with van der Waals surface area (Å²) in [5, 5.41) is 20.3. The molecule has 2 aromatic rings. The van der Waals surface area contributed by atoms with E-state index in [1.165, 1.54) is 11.3 Å². The van der Waals surface area contributed by atoms with E-state index in [0.717, 1.165) is 16.6 Å². The fourth-order valence-electron chi connectivity index (χ4n) is 2.83. The number of nitrogens with one attached hydrogen (secondary N) is 1. The molecule has 1 aromatic heterocycles. The number of rotatable bonds is 12. The smallest absolute Gasteiger partial charge is 0.321 e. The van der Waals surface area contributed by atoms with E-state index >= 15 is 0 Å². The zero-order chi connectivity index (χ0) is 21.2. The van der Waals surface area contributed by atoms with E-state index in [9.17, 15) is 14.4 Å². The minimum atomic E-state index is -0.852. The molecule has 158 valence electrons. The molecule has 0 aliphatic rings. The van der Waals surface area contributed by atoms with Gasteiger partial charge in [0.25, 0.3) is 0 Å². The van der Waals surface area contributed by atoms with Crippen LogP contribution in [0.4, 0.5) is 10.5 Å². The molecule has 1 heterocycles. The van der Waals surface area contributed by atoms with Gasteiger partial charge in [0.05, 0.1) is 10.2 Å². The number of carboxylic acid groups (broad SMARTS) is 2. The number of aliphatic carboxylic acids is 2. The summed E-state index contributed by atoms with van der Waals surface area (Å²) < 4.78 is 1.57. The molecule has 0 atom stereocenters. The standard InChI is InChI=1S/C19H25N3O5S2/c23-16(24)6-2-1-4-10-20-18(27)22(11-5-3-7-17(25)26)13-8-9-14-15(12-13)29-19(28)21-14/h8-9,12H,1-7,10-11H2,(H,20,27)(H,21,28)(H,23,24)(H,25,26). The Morgan fingerprint density at radius 2 is 1.72 bits per heavy atom. The number of thiazole rings is 1. The number of carbonyl (C=O) groups is 3. The van der Waals surface area contributed by atoms with Crippen molar-refractivity contribution in [3.05, 3.63) is 18.2 Å². The maximum absolute atomic E-state index is 12.7. The Morgan fingerprint density at radius 1 is 1.03 bits per heavy atom. The highest BCUT2D eigenvalue weighted by Crippen LogP contribution is 2.29. The molecule has 0 saturated carbocycles. The van der Waals surface area contributed by atoms with Gasteiger partial charge in [-0.25, -0.2) is 9.78 Å². The van der Waals surface area contributed by atoms with Crippen molar-refractivity contribution in [2.24, 2.45) is 0 Å². The Kier molecular flexibility index (Phi) is 9.20. The molecule has 29 heavy (non-hydrogen) atoms. The predicted octanol–water partition coefficient (Wildman–Crippen LogP) is 4.00. The number of carboxylic acids is 2. The summed E-state index contributed by atoms with van der Waals surface area (Å²) in [5.74, 6) is -1.67. The van der Waals surface area contributed by atoms with E-state index in [0.29, 0.717) is 48.8 Å². The molecule has 3 N–H and O–H groups in total. The maximum atomic E-state index is 12.7. The van der Waals surface area contributed by atoms with Gasteiger partial charge in [-0.2, -0.15) is 0 Å². The average molecular weight is 440 g/mol. The van der Waals surface area contributed by atoms with Crippen LogP contribution in [0, 0.1) is 0 Å². The van der Waals surface area contributed by atoms with Gasteiger partial charge in [-0.05, 0) is 43.9 Å². The van der Waals surface area contributed by atoms with Gasteiger partial charge in [0.15, 0.2) is 0 Å².